The second-order valence-corrected chi connectivity index (χ2v) is 6.39. The Morgan fingerprint density at radius 1 is 1.21 bits per heavy atom. The molecule has 19 heavy (non-hydrogen) atoms. The minimum Gasteiger partial charge on any atom is -0.326 e. The highest BCUT2D eigenvalue weighted by Crippen LogP contribution is 2.51. The van der Waals surface area contributed by atoms with E-state index in [0.717, 1.165) is 10.2 Å². The van der Waals surface area contributed by atoms with Crippen LogP contribution in [0.5, 0.6) is 0 Å². The summed E-state index contributed by atoms with van der Waals surface area (Å²) in [6.07, 6.45) is 9.41. The van der Waals surface area contributed by atoms with Crippen molar-refractivity contribution in [3.63, 3.8) is 0 Å². The lowest BCUT2D eigenvalue weighted by atomic mass is 10.1. The molecule has 3 heteroatoms. The highest BCUT2D eigenvalue weighted by Gasteiger charge is 2.52. The Bertz CT molecular complexity index is 494. The number of hydrogen-bond acceptors (Lipinski definition) is 1. The molecule has 0 bridgehead atoms. The van der Waals surface area contributed by atoms with Gasteiger partial charge in [0.2, 0.25) is 5.91 Å². The molecule has 1 fully saturated rings. The lowest BCUT2D eigenvalue weighted by Crippen LogP contribution is -2.15. The van der Waals surface area contributed by atoms with Crippen LogP contribution in [0.3, 0.4) is 0 Å². The van der Waals surface area contributed by atoms with Crippen LogP contribution in [0.1, 0.15) is 25.7 Å². The topological polar surface area (TPSA) is 29.1 Å². The Morgan fingerprint density at radius 2 is 2.00 bits per heavy atom. The average Bonchev–Trinajstić information content (AvgIpc) is 3.03. The quantitative estimate of drug-likeness (QED) is 0.805. The van der Waals surface area contributed by atoms with Crippen LogP contribution in [0.4, 0.5) is 5.69 Å². The zero-order valence-electron chi connectivity index (χ0n) is 10.8. The molecule has 0 unspecified atom stereocenters. The maximum Gasteiger partial charge on any atom is 0.228 e. The standard InChI is InChI=1S/C16H18BrNO/c17-11-7-9-12(10-8-11)18-16(19)15-13-5-3-1-2-4-6-14(13)15/h3,5,7-10,13-15H,1-2,4,6H2,(H,18,19)/t13-,14-,15-/m0/s1. The van der Waals surface area contributed by atoms with Crippen LogP contribution in [0, 0.1) is 17.8 Å². The van der Waals surface area contributed by atoms with Gasteiger partial charge in [0.05, 0.1) is 0 Å². The van der Waals surface area contributed by atoms with Gasteiger partial charge in [0.1, 0.15) is 0 Å². The van der Waals surface area contributed by atoms with Crippen LogP contribution in [0.2, 0.25) is 0 Å². The van der Waals surface area contributed by atoms with Crippen LogP contribution >= 0.6 is 15.9 Å². The zero-order chi connectivity index (χ0) is 13.2. The fraction of sp³-hybridized carbons (Fsp3) is 0.438. The molecule has 1 aromatic carbocycles. The van der Waals surface area contributed by atoms with Crippen LogP contribution in [0.25, 0.3) is 0 Å². The summed E-state index contributed by atoms with van der Waals surface area (Å²) in [5.74, 6) is 1.43. The molecule has 2 aliphatic carbocycles. The van der Waals surface area contributed by atoms with Crippen molar-refractivity contribution in [1.29, 1.82) is 0 Å². The van der Waals surface area contributed by atoms with Gasteiger partial charge in [-0.15, -0.1) is 0 Å². The van der Waals surface area contributed by atoms with E-state index < -0.39 is 0 Å². The molecule has 1 amide bonds. The fourth-order valence-corrected chi connectivity index (χ4v) is 3.32. The summed E-state index contributed by atoms with van der Waals surface area (Å²) in [5.41, 5.74) is 0.886. The molecular formula is C16H18BrNO. The van der Waals surface area contributed by atoms with E-state index >= 15 is 0 Å². The summed E-state index contributed by atoms with van der Waals surface area (Å²) < 4.78 is 1.03. The van der Waals surface area contributed by atoms with Crippen LogP contribution < -0.4 is 5.32 Å². The molecule has 0 spiro atoms. The van der Waals surface area contributed by atoms with Crippen molar-refractivity contribution < 1.29 is 4.79 Å². The molecule has 0 radical (unpaired) electrons. The van der Waals surface area contributed by atoms with E-state index in [-0.39, 0.29) is 11.8 Å². The minimum absolute atomic E-state index is 0.184. The van der Waals surface area contributed by atoms with E-state index in [1.807, 2.05) is 24.3 Å². The minimum atomic E-state index is 0.184. The average molecular weight is 320 g/mol. The number of hydrogen-bond donors (Lipinski definition) is 1. The maximum absolute atomic E-state index is 12.3. The van der Waals surface area contributed by atoms with Gasteiger partial charge in [-0.3, -0.25) is 4.79 Å². The maximum atomic E-state index is 12.3. The van der Waals surface area contributed by atoms with Crippen molar-refractivity contribution in [3.05, 3.63) is 40.9 Å². The number of halogens is 1. The lowest BCUT2D eigenvalue weighted by molar-refractivity contribution is -0.117. The lowest BCUT2D eigenvalue weighted by Gasteiger charge is -2.04. The number of amides is 1. The molecule has 0 heterocycles. The number of nitrogens with one attached hydrogen (secondary N) is 1. The number of allylic oxidation sites excluding steroid dienone is 2. The van der Waals surface area contributed by atoms with E-state index in [1.54, 1.807) is 0 Å². The molecule has 0 saturated heterocycles. The summed E-state index contributed by atoms with van der Waals surface area (Å²) >= 11 is 3.40. The third-order valence-electron chi connectivity index (χ3n) is 4.16. The number of carbonyl (C=O) groups excluding carboxylic acids is 1. The number of fused-ring (bicyclic) bond motifs is 1. The highest BCUT2D eigenvalue weighted by atomic mass is 79.9. The predicted molar refractivity (Wildman–Crippen MR) is 80.8 cm³/mol. The van der Waals surface area contributed by atoms with Gasteiger partial charge in [-0.1, -0.05) is 34.5 Å². The van der Waals surface area contributed by atoms with Gasteiger partial charge in [-0.25, -0.2) is 0 Å². The first kappa shape index (κ1) is 12.9. The van der Waals surface area contributed by atoms with Crippen molar-refractivity contribution in [2.45, 2.75) is 25.7 Å². The van der Waals surface area contributed by atoms with E-state index in [2.05, 4.69) is 33.4 Å². The molecule has 1 saturated carbocycles. The van der Waals surface area contributed by atoms with Crippen molar-refractivity contribution >= 4 is 27.5 Å². The van der Waals surface area contributed by atoms with Gasteiger partial charge in [-0.05, 0) is 55.4 Å². The van der Waals surface area contributed by atoms with Gasteiger partial charge >= 0.3 is 0 Å². The Hall–Kier alpha value is -1.09. The van der Waals surface area contributed by atoms with E-state index in [1.165, 1.54) is 25.7 Å². The first-order chi connectivity index (χ1) is 9.25. The smallest absolute Gasteiger partial charge is 0.228 e. The number of anilines is 1. The summed E-state index contributed by atoms with van der Waals surface area (Å²) in [5, 5.41) is 3.03. The Kier molecular flexibility index (Phi) is 3.74. The molecule has 2 nitrogen and oxygen atoms in total. The second-order valence-electron chi connectivity index (χ2n) is 5.48. The highest BCUT2D eigenvalue weighted by molar-refractivity contribution is 9.10. The molecular weight excluding hydrogens is 302 g/mol. The van der Waals surface area contributed by atoms with E-state index in [4.69, 9.17) is 0 Å². The number of benzene rings is 1. The molecule has 3 rings (SSSR count). The summed E-state index contributed by atoms with van der Waals surface area (Å²) in [6.45, 7) is 0. The largest absolute Gasteiger partial charge is 0.326 e. The van der Waals surface area contributed by atoms with Gasteiger partial charge in [0.25, 0.3) is 0 Å². The van der Waals surface area contributed by atoms with Gasteiger partial charge < -0.3 is 5.32 Å². The number of carbonyl (C=O) groups is 1. The Balaban J connectivity index is 1.64. The van der Waals surface area contributed by atoms with Crippen LogP contribution in [0.15, 0.2) is 40.9 Å². The van der Waals surface area contributed by atoms with Crippen molar-refractivity contribution in [2.24, 2.45) is 17.8 Å². The monoisotopic (exact) mass is 319 g/mol. The number of rotatable bonds is 2. The SMILES string of the molecule is O=C(Nc1ccc(Br)cc1)[C@H]1[C@H]2C=CCCCC[C@@H]21. The Morgan fingerprint density at radius 3 is 2.79 bits per heavy atom. The Labute approximate surface area is 122 Å². The molecule has 3 atom stereocenters. The normalized spacial score (nSPS) is 29.0. The zero-order valence-corrected chi connectivity index (χ0v) is 12.4. The third-order valence-corrected chi connectivity index (χ3v) is 4.69. The van der Waals surface area contributed by atoms with Gasteiger partial charge in [-0.2, -0.15) is 0 Å². The van der Waals surface area contributed by atoms with Gasteiger partial charge in [0.15, 0.2) is 0 Å². The summed E-state index contributed by atoms with van der Waals surface area (Å²) in [4.78, 5) is 12.3. The van der Waals surface area contributed by atoms with E-state index in [0.29, 0.717) is 11.8 Å². The molecule has 0 aliphatic heterocycles. The van der Waals surface area contributed by atoms with Crippen LogP contribution in [-0.4, -0.2) is 5.91 Å². The van der Waals surface area contributed by atoms with Crippen LogP contribution in [-0.2, 0) is 4.79 Å². The molecule has 0 aromatic heterocycles. The molecule has 1 N–H and O–H groups in total. The molecule has 2 aliphatic rings. The van der Waals surface area contributed by atoms with Crippen molar-refractivity contribution in [2.75, 3.05) is 5.32 Å². The molecule has 100 valence electrons. The predicted octanol–water partition coefficient (Wildman–Crippen LogP) is 4.38. The van der Waals surface area contributed by atoms with Crippen molar-refractivity contribution in [1.82, 2.24) is 0 Å². The third kappa shape index (κ3) is 2.92. The fourth-order valence-electron chi connectivity index (χ4n) is 3.06. The van der Waals surface area contributed by atoms with Gasteiger partial charge in [0, 0.05) is 16.1 Å². The first-order valence-electron chi connectivity index (χ1n) is 6.99. The first-order valence-corrected chi connectivity index (χ1v) is 7.78. The molecule has 1 aromatic rings. The second kappa shape index (κ2) is 5.49. The summed E-state index contributed by atoms with van der Waals surface area (Å²) in [6, 6.07) is 7.77. The van der Waals surface area contributed by atoms with Crippen molar-refractivity contribution in [3.8, 4) is 0 Å². The summed E-state index contributed by atoms with van der Waals surface area (Å²) in [7, 11) is 0. The van der Waals surface area contributed by atoms with E-state index in [9.17, 15) is 4.79 Å².